The number of furan rings is 1. The highest BCUT2D eigenvalue weighted by Gasteiger charge is 2.32. The number of hydrogen-bond donors (Lipinski definition) is 0. The van der Waals surface area contributed by atoms with E-state index in [1.807, 2.05) is 42.5 Å². The number of rotatable bonds is 3. The van der Waals surface area contributed by atoms with Crippen molar-refractivity contribution < 1.29 is 18.3 Å². The molecule has 0 fully saturated rings. The van der Waals surface area contributed by atoms with Gasteiger partial charge in [-0.15, -0.1) is 0 Å². The number of ketones is 1. The minimum Gasteiger partial charge on any atom is -0.495 e. The van der Waals surface area contributed by atoms with Crippen LogP contribution < -0.4 is 4.74 Å². The first-order valence-corrected chi connectivity index (χ1v) is 8.13. The standard InChI is InChI=1S/C14H9FO2.C8H6O/c1-17-14-11-6-5-10(11)12(14)13(16)8-3-2-4-9(15)7-8;1-2-4-8-7(3-1)5-6-9-8/h2-7H,1H3;1-6H. The molecule has 5 rings (SSSR count). The van der Waals surface area contributed by atoms with Crippen LogP contribution in [0.25, 0.3) is 22.1 Å². The Kier molecular flexibility index (Phi) is 4.01. The lowest BCUT2D eigenvalue weighted by Gasteiger charge is -2.25. The van der Waals surface area contributed by atoms with Crippen molar-refractivity contribution in [1.82, 2.24) is 0 Å². The first kappa shape index (κ1) is 16.1. The van der Waals surface area contributed by atoms with E-state index in [0.717, 1.165) is 22.1 Å². The number of methoxy groups -OCH3 is 1. The highest BCUT2D eigenvalue weighted by molar-refractivity contribution is 6.20. The number of ether oxygens (including phenoxy) is 1. The molecule has 0 N–H and O–H groups in total. The fourth-order valence-corrected chi connectivity index (χ4v) is 2.98. The highest BCUT2D eigenvalue weighted by Crippen LogP contribution is 2.49. The second-order valence-electron chi connectivity index (χ2n) is 5.87. The third kappa shape index (κ3) is 2.65. The third-order valence-corrected chi connectivity index (χ3v) is 4.33. The molecule has 0 aliphatic heterocycles. The predicted molar refractivity (Wildman–Crippen MR) is 98.0 cm³/mol. The molecule has 0 atom stereocenters. The van der Waals surface area contributed by atoms with Crippen molar-refractivity contribution in [2.75, 3.05) is 7.11 Å². The van der Waals surface area contributed by atoms with Crippen molar-refractivity contribution in [3.8, 4) is 16.9 Å². The van der Waals surface area contributed by atoms with E-state index in [-0.39, 0.29) is 5.78 Å². The average molecular weight is 346 g/mol. The van der Waals surface area contributed by atoms with Gasteiger partial charge in [-0.2, -0.15) is 0 Å². The van der Waals surface area contributed by atoms with Gasteiger partial charge in [0.2, 0.25) is 0 Å². The minimum atomic E-state index is -0.409. The zero-order valence-electron chi connectivity index (χ0n) is 14.0. The molecular formula is C22H15FO3. The number of benzene rings is 3. The van der Waals surface area contributed by atoms with Gasteiger partial charge in [0.25, 0.3) is 0 Å². The molecule has 1 heterocycles. The Morgan fingerprint density at radius 2 is 1.77 bits per heavy atom. The van der Waals surface area contributed by atoms with E-state index in [1.54, 1.807) is 12.3 Å². The average Bonchev–Trinajstić information content (AvgIpc) is 3.12. The van der Waals surface area contributed by atoms with Gasteiger partial charge in [-0.05, 0) is 30.3 Å². The molecule has 0 saturated heterocycles. The highest BCUT2D eigenvalue weighted by atomic mass is 19.1. The van der Waals surface area contributed by atoms with Crippen LogP contribution in [0.2, 0.25) is 0 Å². The van der Waals surface area contributed by atoms with Crippen LogP contribution in [0.1, 0.15) is 15.9 Å². The SMILES string of the molecule is COc1c2ccc-2c1C(=O)c1cccc(F)c1.c1ccc2occc2c1. The van der Waals surface area contributed by atoms with Crippen LogP contribution in [0.3, 0.4) is 0 Å². The van der Waals surface area contributed by atoms with Crippen molar-refractivity contribution in [1.29, 1.82) is 0 Å². The molecule has 0 spiro atoms. The summed E-state index contributed by atoms with van der Waals surface area (Å²) >= 11 is 0. The lowest BCUT2D eigenvalue weighted by Crippen LogP contribution is -2.14. The summed E-state index contributed by atoms with van der Waals surface area (Å²) in [6.07, 6.45) is 1.70. The van der Waals surface area contributed by atoms with Gasteiger partial charge in [0.05, 0.1) is 18.9 Å². The van der Waals surface area contributed by atoms with E-state index in [4.69, 9.17) is 9.15 Å². The van der Waals surface area contributed by atoms with E-state index in [2.05, 4.69) is 0 Å². The molecule has 2 aliphatic carbocycles. The molecular weight excluding hydrogens is 331 g/mol. The smallest absolute Gasteiger partial charge is 0.197 e. The number of hydrogen-bond acceptors (Lipinski definition) is 3. The second-order valence-corrected chi connectivity index (χ2v) is 5.87. The van der Waals surface area contributed by atoms with Gasteiger partial charge in [0.1, 0.15) is 17.1 Å². The maximum Gasteiger partial charge on any atom is 0.197 e. The van der Waals surface area contributed by atoms with Crippen LogP contribution >= 0.6 is 0 Å². The Morgan fingerprint density at radius 3 is 2.46 bits per heavy atom. The third-order valence-electron chi connectivity index (χ3n) is 4.33. The van der Waals surface area contributed by atoms with E-state index in [1.165, 1.54) is 25.3 Å². The molecule has 1 aromatic heterocycles. The summed E-state index contributed by atoms with van der Waals surface area (Å²) in [5, 5.41) is 1.16. The van der Waals surface area contributed by atoms with E-state index >= 15 is 0 Å². The summed E-state index contributed by atoms with van der Waals surface area (Å²) in [5.74, 6) is 0.00862. The summed E-state index contributed by atoms with van der Waals surface area (Å²) in [6, 6.07) is 19.3. The fraction of sp³-hybridized carbons (Fsp3) is 0.0455. The Labute approximate surface area is 149 Å². The van der Waals surface area contributed by atoms with E-state index in [9.17, 15) is 9.18 Å². The maximum absolute atomic E-state index is 13.1. The minimum absolute atomic E-state index is 0.190. The Balaban J connectivity index is 0.000000157. The van der Waals surface area contributed by atoms with Gasteiger partial charge >= 0.3 is 0 Å². The van der Waals surface area contributed by atoms with Crippen molar-refractivity contribution >= 4 is 16.8 Å². The second kappa shape index (κ2) is 6.48. The fourth-order valence-electron chi connectivity index (χ4n) is 2.98. The molecule has 3 aromatic rings. The largest absolute Gasteiger partial charge is 0.495 e. The zero-order valence-corrected chi connectivity index (χ0v) is 14.0. The molecule has 0 bridgehead atoms. The van der Waals surface area contributed by atoms with Gasteiger partial charge < -0.3 is 9.15 Å². The van der Waals surface area contributed by atoms with Gasteiger partial charge in [-0.1, -0.05) is 36.4 Å². The van der Waals surface area contributed by atoms with Crippen LogP contribution in [-0.4, -0.2) is 12.9 Å². The lowest BCUT2D eigenvalue weighted by molar-refractivity contribution is 0.103. The predicted octanol–water partition coefficient (Wildman–Crippen LogP) is 5.48. The van der Waals surface area contributed by atoms with Crippen molar-refractivity contribution in [2.24, 2.45) is 0 Å². The monoisotopic (exact) mass is 346 g/mol. The van der Waals surface area contributed by atoms with E-state index < -0.39 is 5.82 Å². The Bertz CT molecular complexity index is 1080. The van der Waals surface area contributed by atoms with Crippen LogP contribution in [-0.2, 0) is 0 Å². The topological polar surface area (TPSA) is 39.4 Å². The molecule has 0 amide bonds. The van der Waals surface area contributed by atoms with Crippen molar-refractivity contribution in [2.45, 2.75) is 0 Å². The molecule has 2 aromatic carbocycles. The van der Waals surface area contributed by atoms with Crippen LogP contribution in [0.4, 0.5) is 4.39 Å². The number of halogens is 1. The summed E-state index contributed by atoms with van der Waals surface area (Å²) in [7, 11) is 1.53. The van der Waals surface area contributed by atoms with Crippen LogP contribution in [0.5, 0.6) is 5.75 Å². The van der Waals surface area contributed by atoms with Gasteiger partial charge in [0, 0.05) is 22.1 Å². The lowest BCUT2D eigenvalue weighted by atomic mass is 9.81. The van der Waals surface area contributed by atoms with Crippen LogP contribution in [0.15, 0.2) is 77.4 Å². The number of fused-ring (bicyclic) bond motifs is 2. The van der Waals surface area contributed by atoms with Gasteiger partial charge in [-0.25, -0.2) is 4.39 Å². The van der Waals surface area contributed by atoms with Gasteiger partial charge in [0.15, 0.2) is 5.78 Å². The zero-order chi connectivity index (χ0) is 18.1. The number of carbonyl (C=O) groups is 1. The Hall–Kier alpha value is -3.40. The molecule has 3 nitrogen and oxygen atoms in total. The van der Waals surface area contributed by atoms with Crippen LogP contribution in [0, 0.1) is 5.82 Å². The number of carbonyl (C=O) groups excluding carboxylic acids is 1. The maximum atomic E-state index is 13.1. The first-order chi connectivity index (χ1) is 12.7. The molecule has 128 valence electrons. The first-order valence-electron chi connectivity index (χ1n) is 8.13. The summed E-state index contributed by atoms with van der Waals surface area (Å²) in [5.41, 5.74) is 3.75. The summed E-state index contributed by atoms with van der Waals surface area (Å²) < 4.78 is 23.3. The molecule has 2 aliphatic rings. The molecule has 0 saturated carbocycles. The molecule has 26 heavy (non-hydrogen) atoms. The van der Waals surface area contributed by atoms with E-state index in [0.29, 0.717) is 16.9 Å². The summed E-state index contributed by atoms with van der Waals surface area (Å²) in [6.45, 7) is 0. The molecule has 0 radical (unpaired) electrons. The Morgan fingerprint density at radius 1 is 0.962 bits per heavy atom. The normalized spacial score (nSPS) is 10.8. The quantitative estimate of drug-likeness (QED) is 0.406. The van der Waals surface area contributed by atoms with Gasteiger partial charge in [-0.3, -0.25) is 4.79 Å². The molecule has 4 heteroatoms. The summed E-state index contributed by atoms with van der Waals surface area (Å²) in [4.78, 5) is 12.2. The van der Waals surface area contributed by atoms with Crippen molar-refractivity contribution in [3.63, 3.8) is 0 Å². The number of para-hydroxylation sites is 1. The molecule has 0 unspecified atom stereocenters. The van der Waals surface area contributed by atoms with Crippen molar-refractivity contribution in [3.05, 3.63) is 89.9 Å².